The Morgan fingerprint density at radius 2 is 1.84 bits per heavy atom. The summed E-state index contributed by atoms with van der Waals surface area (Å²) in [6.45, 7) is 4.46. The minimum Gasteiger partial charge on any atom is -0.357 e. The van der Waals surface area contributed by atoms with Crippen LogP contribution >= 0.6 is 0 Å². The highest BCUT2D eigenvalue weighted by Crippen LogP contribution is 1.87. The number of hydrogen-bond donors (Lipinski definition) is 2. The second-order valence-corrected chi connectivity index (χ2v) is 6.62. The van der Waals surface area contributed by atoms with Crippen LogP contribution in [0.1, 0.15) is 13.8 Å². The molecule has 0 unspecified atom stereocenters. The van der Waals surface area contributed by atoms with Gasteiger partial charge in [-0.2, -0.15) is 0 Å². The molecule has 19 heavy (non-hydrogen) atoms. The number of aliphatic imine (C=N–C) groups is 1. The normalized spacial score (nSPS) is 12.1. The Kier molecular flexibility index (Phi) is 8.13. The molecule has 0 bridgehead atoms. The molecule has 0 aliphatic carbocycles. The third-order valence-electron chi connectivity index (χ3n) is 2.36. The molecule has 7 nitrogen and oxygen atoms in total. The predicted octanol–water partition coefficient (Wildman–Crippen LogP) is -0.936. The molecule has 8 heteroatoms. The van der Waals surface area contributed by atoms with E-state index in [1.807, 2.05) is 6.92 Å². The van der Waals surface area contributed by atoms with Crippen LogP contribution in [0.4, 0.5) is 0 Å². The molecule has 0 fully saturated rings. The number of amides is 1. The Balaban J connectivity index is 4.33. The zero-order chi connectivity index (χ0) is 14.9. The van der Waals surface area contributed by atoms with E-state index in [9.17, 15) is 13.2 Å². The monoisotopic (exact) mass is 292 g/mol. The molecule has 0 atom stereocenters. The van der Waals surface area contributed by atoms with E-state index < -0.39 is 9.84 Å². The lowest BCUT2D eigenvalue weighted by Gasteiger charge is -2.12. The van der Waals surface area contributed by atoms with Crippen LogP contribution in [0.3, 0.4) is 0 Å². The maximum absolute atomic E-state index is 11.4. The van der Waals surface area contributed by atoms with Gasteiger partial charge in [0.2, 0.25) is 5.91 Å². The van der Waals surface area contributed by atoms with E-state index >= 15 is 0 Å². The third-order valence-corrected chi connectivity index (χ3v) is 4.07. The Morgan fingerprint density at radius 1 is 1.21 bits per heavy atom. The molecule has 0 aromatic heterocycles. The van der Waals surface area contributed by atoms with Crippen LogP contribution in [-0.4, -0.2) is 70.4 Å². The van der Waals surface area contributed by atoms with Crippen molar-refractivity contribution in [2.45, 2.75) is 13.8 Å². The van der Waals surface area contributed by atoms with Gasteiger partial charge in [-0.3, -0.25) is 4.79 Å². The van der Waals surface area contributed by atoms with E-state index in [4.69, 9.17) is 0 Å². The molecular formula is C11H24N4O3S. The first-order chi connectivity index (χ1) is 8.82. The minimum atomic E-state index is -3.00. The molecule has 0 saturated heterocycles. The zero-order valence-electron chi connectivity index (χ0n) is 12.1. The fourth-order valence-electron chi connectivity index (χ4n) is 1.10. The maximum atomic E-state index is 11.4. The number of carbonyl (C=O) groups excluding carboxylic acids is 1. The summed E-state index contributed by atoms with van der Waals surface area (Å²) < 4.78 is 22.7. The molecule has 0 heterocycles. The molecule has 1 amide bonds. The molecule has 2 N–H and O–H groups in total. The van der Waals surface area contributed by atoms with Gasteiger partial charge in [0.25, 0.3) is 0 Å². The van der Waals surface area contributed by atoms with Gasteiger partial charge in [-0.05, 0) is 6.92 Å². The van der Waals surface area contributed by atoms with Gasteiger partial charge < -0.3 is 15.5 Å². The SMILES string of the molecule is CCNC(=NCC(=O)N(C)C)NCCS(=O)(=O)CC. The van der Waals surface area contributed by atoms with Crippen LogP contribution in [-0.2, 0) is 14.6 Å². The van der Waals surface area contributed by atoms with Gasteiger partial charge in [-0.1, -0.05) is 6.92 Å². The first kappa shape index (κ1) is 17.7. The third kappa shape index (κ3) is 8.41. The highest BCUT2D eigenvalue weighted by Gasteiger charge is 2.08. The Labute approximate surface area is 115 Å². The first-order valence-electron chi connectivity index (χ1n) is 6.25. The van der Waals surface area contributed by atoms with Gasteiger partial charge in [-0.15, -0.1) is 0 Å². The van der Waals surface area contributed by atoms with Crippen LogP contribution in [0.15, 0.2) is 4.99 Å². The second-order valence-electron chi connectivity index (χ2n) is 4.15. The summed E-state index contributed by atoms with van der Waals surface area (Å²) in [5.74, 6) is 0.513. The van der Waals surface area contributed by atoms with Gasteiger partial charge >= 0.3 is 0 Å². The molecule has 0 aliphatic heterocycles. The van der Waals surface area contributed by atoms with Crippen molar-refractivity contribution >= 4 is 21.7 Å². The summed E-state index contributed by atoms with van der Waals surface area (Å²) in [4.78, 5) is 16.9. The summed E-state index contributed by atoms with van der Waals surface area (Å²) in [5.41, 5.74) is 0. The van der Waals surface area contributed by atoms with Crippen molar-refractivity contribution < 1.29 is 13.2 Å². The average molecular weight is 292 g/mol. The van der Waals surface area contributed by atoms with E-state index in [2.05, 4.69) is 15.6 Å². The summed E-state index contributed by atoms with van der Waals surface area (Å²) >= 11 is 0. The summed E-state index contributed by atoms with van der Waals surface area (Å²) in [6.07, 6.45) is 0. The molecule has 0 aliphatic rings. The number of carbonyl (C=O) groups is 1. The lowest BCUT2D eigenvalue weighted by atomic mass is 10.5. The van der Waals surface area contributed by atoms with E-state index in [0.717, 1.165) is 0 Å². The minimum absolute atomic E-state index is 0.0306. The number of nitrogens with zero attached hydrogens (tertiary/aromatic N) is 2. The van der Waals surface area contributed by atoms with Gasteiger partial charge in [-0.25, -0.2) is 13.4 Å². The number of nitrogens with one attached hydrogen (secondary N) is 2. The van der Waals surface area contributed by atoms with Crippen molar-refractivity contribution in [3.63, 3.8) is 0 Å². The first-order valence-corrected chi connectivity index (χ1v) is 8.07. The number of hydrogen-bond acceptors (Lipinski definition) is 4. The van der Waals surface area contributed by atoms with E-state index in [0.29, 0.717) is 12.5 Å². The predicted molar refractivity (Wildman–Crippen MR) is 77.0 cm³/mol. The summed E-state index contributed by atoms with van der Waals surface area (Å²) in [7, 11) is 0.322. The standard InChI is InChI=1S/C11H24N4O3S/c1-5-12-11(14-9-10(16)15(3)4)13-7-8-19(17,18)6-2/h5-9H2,1-4H3,(H2,12,13,14). The number of rotatable bonds is 7. The smallest absolute Gasteiger partial charge is 0.243 e. The largest absolute Gasteiger partial charge is 0.357 e. The molecule has 0 spiro atoms. The van der Waals surface area contributed by atoms with Crippen LogP contribution in [0.25, 0.3) is 0 Å². The Hall–Kier alpha value is -1.31. The highest BCUT2D eigenvalue weighted by atomic mass is 32.2. The van der Waals surface area contributed by atoms with Crippen molar-refractivity contribution in [2.75, 3.05) is 45.2 Å². The van der Waals surface area contributed by atoms with Gasteiger partial charge in [0.15, 0.2) is 15.8 Å². The van der Waals surface area contributed by atoms with Gasteiger partial charge in [0.05, 0.1) is 5.75 Å². The molecular weight excluding hydrogens is 268 g/mol. The average Bonchev–Trinajstić information content (AvgIpc) is 2.35. The molecule has 0 radical (unpaired) electrons. The van der Waals surface area contributed by atoms with Crippen LogP contribution < -0.4 is 10.6 Å². The number of likely N-dealkylation sites (N-methyl/N-ethyl adjacent to an activating group) is 1. The summed E-state index contributed by atoms with van der Waals surface area (Å²) in [5, 5.41) is 5.85. The second kappa shape index (κ2) is 8.73. The quantitative estimate of drug-likeness (QED) is 0.467. The Morgan fingerprint density at radius 3 is 2.32 bits per heavy atom. The highest BCUT2D eigenvalue weighted by molar-refractivity contribution is 7.91. The van der Waals surface area contributed by atoms with Gasteiger partial charge in [0, 0.05) is 32.9 Å². The van der Waals surface area contributed by atoms with Crippen molar-refractivity contribution in [2.24, 2.45) is 4.99 Å². The fourth-order valence-corrected chi connectivity index (χ4v) is 1.80. The van der Waals surface area contributed by atoms with E-state index in [1.54, 1.807) is 21.0 Å². The zero-order valence-corrected chi connectivity index (χ0v) is 12.9. The molecule has 0 aromatic carbocycles. The lowest BCUT2D eigenvalue weighted by Crippen LogP contribution is -2.40. The van der Waals surface area contributed by atoms with Crippen molar-refractivity contribution in [3.8, 4) is 0 Å². The lowest BCUT2D eigenvalue weighted by molar-refractivity contribution is -0.127. The summed E-state index contributed by atoms with van der Waals surface area (Å²) in [6, 6.07) is 0. The van der Waals surface area contributed by atoms with Crippen LogP contribution in [0, 0.1) is 0 Å². The van der Waals surface area contributed by atoms with Crippen molar-refractivity contribution in [1.29, 1.82) is 0 Å². The van der Waals surface area contributed by atoms with Crippen molar-refractivity contribution in [1.82, 2.24) is 15.5 Å². The van der Waals surface area contributed by atoms with Gasteiger partial charge in [0.1, 0.15) is 6.54 Å². The molecule has 0 saturated carbocycles. The molecule has 0 aromatic rings. The van der Waals surface area contributed by atoms with E-state index in [1.165, 1.54) is 4.90 Å². The fraction of sp³-hybridized carbons (Fsp3) is 0.818. The topological polar surface area (TPSA) is 90.9 Å². The Bertz CT molecular complexity index is 404. The maximum Gasteiger partial charge on any atom is 0.243 e. The number of sulfone groups is 1. The van der Waals surface area contributed by atoms with E-state index in [-0.39, 0.29) is 30.5 Å². The number of guanidine groups is 1. The van der Waals surface area contributed by atoms with Crippen LogP contribution in [0.2, 0.25) is 0 Å². The van der Waals surface area contributed by atoms with Crippen molar-refractivity contribution in [3.05, 3.63) is 0 Å². The molecule has 0 rings (SSSR count). The molecule has 112 valence electrons. The van der Waals surface area contributed by atoms with Crippen LogP contribution in [0.5, 0.6) is 0 Å².